The van der Waals surface area contributed by atoms with Crippen molar-refractivity contribution in [1.82, 2.24) is 0 Å². The summed E-state index contributed by atoms with van der Waals surface area (Å²) in [6.07, 6.45) is 0. The lowest BCUT2D eigenvalue weighted by Gasteiger charge is -2.11. The van der Waals surface area contributed by atoms with Gasteiger partial charge in [-0.05, 0) is 193 Å². The van der Waals surface area contributed by atoms with E-state index in [1.807, 2.05) is 97.1 Å². The summed E-state index contributed by atoms with van der Waals surface area (Å²) < 4.78 is 25.2. The van der Waals surface area contributed by atoms with E-state index < -0.39 is 0 Å². The van der Waals surface area contributed by atoms with E-state index in [-0.39, 0.29) is 0 Å². The molecule has 3 heterocycles. The fourth-order valence-electron chi connectivity index (χ4n) is 11.4. The highest BCUT2D eigenvalue weighted by Crippen LogP contribution is 2.39. The van der Waals surface area contributed by atoms with Gasteiger partial charge in [0, 0.05) is 41.3 Å². The van der Waals surface area contributed by atoms with Crippen molar-refractivity contribution >= 4 is 105 Å². The Kier molecular flexibility index (Phi) is 15.0. The van der Waals surface area contributed by atoms with Gasteiger partial charge in [0.05, 0.1) is 0 Å². The molecule has 0 aliphatic rings. The summed E-state index contributed by atoms with van der Waals surface area (Å²) in [4.78, 5) is 0. The summed E-state index contributed by atoms with van der Waals surface area (Å²) in [6.45, 7) is 0. The molecule has 8 heteroatoms. The zero-order chi connectivity index (χ0) is 57.9. The molecule has 0 aliphatic heterocycles. The van der Waals surface area contributed by atoms with Crippen LogP contribution in [0.5, 0.6) is 5.75 Å². The molecule has 3 aromatic heterocycles. The summed E-state index contributed by atoms with van der Waals surface area (Å²) in [5, 5.41) is 15.5. The van der Waals surface area contributed by atoms with Crippen molar-refractivity contribution in [3.63, 3.8) is 0 Å². The van der Waals surface area contributed by atoms with E-state index in [0.29, 0.717) is 13.4 Å². The number of halogens is 2. The number of hydrogen-bond donors (Lipinski definition) is 1. The van der Waals surface area contributed by atoms with Crippen molar-refractivity contribution in [3.05, 3.63) is 306 Å². The van der Waals surface area contributed by atoms with Crippen LogP contribution in [0.2, 0.25) is 0 Å². The predicted octanol–water partition coefficient (Wildman–Crippen LogP) is 22.9. The zero-order valence-corrected chi connectivity index (χ0v) is 49.4. The number of para-hydroxylation sites is 3. The van der Waals surface area contributed by atoms with Crippen LogP contribution in [0.15, 0.2) is 319 Å². The molecule has 86 heavy (non-hydrogen) atoms. The summed E-state index contributed by atoms with van der Waals surface area (Å²) in [5.74, 6) is 0.595. The lowest BCUT2D eigenvalue weighted by atomic mass is 9.93. The molecule has 16 rings (SSSR count). The van der Waals surface area contributed by atoms with E-state index in [9.17, 15) is 0 Å². The molecular formula is C78H50BBr2O5. The smallest absolute Gasteiger partial charge is 0.537 e. The first-order valence-corrected chi connectivity index (χ1v) is 29.8. The van der Waals surface area contributed by atoms with Gasteiger partial charge in [0.2, 0.25) is 0 Å². The summed E-state index contributed by atoms with van der Waals surface area (Å²) in [5.41, 5.74) is 21.8. The predicted molar refractivity (Wildman–Crippen MR) is 363 cm³/mol. The molecule has 0 spiro atoms. The van der Waals surface area contributed by atoms with Crippen molar-refractivity contribution < 1.29 is 22.9 Å². The van der Waals surface area contributed by atoms with E-state index in [1.54, 1.807) is 6.07 Å². The first kappa shape index (κ1) is 54.0. The Labute approximate surface area is 514 Å². The van der Waals surface area contributed by atoms with Crippen molar-refractivity contribution in [1.29, 1.82) is 0 Å². The van der Waals surface area contributed by atoms with Crippen molar-refractivity contribution in [2.45, 2.75) is 0 Å². The van der Waals surface area contributed by atoms with Crippen LogP contribution >= 0.6 is 31.9 Å². The SMILES string of the molecule is Brc1cccc(-c2cccc(Br)c2)c1.O[B]Oc1cccc(-c2ccc3oc4ccccc4c3c2)c1.c1cc(-c2cccc(-c3cccc(-c4ccc5oc6ccccc6c5c4)c3)c2)cc(-c2cccc(-c3ccc4oc5ccccc5c4c3)c2)c1. The molecule has 409 valence electrons. The van der Waals surface area contributed by atoms with Gasteiger partial charge in [-0.25, -0.2) is 0 Å². The average molecular weight is 1240 g/mol. The minimum atomic E-state index is 0.595. The molecule has 0 saturated carbocycles. The van der Waals surface area contributed by atoms with Gasteiger partial charge in [0.1, 0.15) is 39.2 Å². The highest BCUT2D eigenvalue weighted by molar-refractivity contribution is 9.10. The third kappa shape index (κ3) is 11.3. The van der Waals surface area contributed by atoms with E-state index in [2.05, 4.69) is 226 Å². The standard InChI is InChI=1S/C48H30O2.C18H12BO3.C12H8Br2/c1-3-19-45-41(17-1)43-29-39(21-23-47(43)49-45)37-15-7-13-35(27-37)33-11-5-9-31(25-33)32-10-6-12-34(26-32)36-14-8-16-38(28-36)40-22-24-48-44(30-40)42-18-2-4-20-46(42)50-48;20-19-22-14-5-3-4-12(10-14)13-8-9-18-16(11-13)15-6-1-2-7-17(15)21-18;13-11-5-1-3-9(7-11)10-4-2-6-12(14)8-10/h1-30H;1-11,20H;1-8H. The quantitative estimate of drug-likeness (QED) is 0.146. The van der Waals surface area contributed by atoms with Gasteiger partial charge in [0.15, 0.2) is 0 Å². The lowest BCUT2D eigenvalue weighted by Crippen LogP contribution is -1.99. The number of rotatable bonds is 9. The molecule has 0 aliphatic carbocycles. The van der Waals surface area contributed by atoms with Crippen LogP contribution in [0.4, 0.5) is 0 Å². The fraction of sp³-hybridized carbons (Fsp3) is 0. The number of furan rings is 3. The van der Waals surface area contributed by atoms with Crippen LogP contribution < -0.4 is 4.65 Å². The monoisotopic (exact) mass is 1240 g/mol. The van der Waals surface area contributed by atoms with Crippen LogP contribution in [0, 0.1) is 0 Å². The van der Waals surface area contributed by atoms with Crippen LogP contribution in [0.1, 0.15) is 0 Å². The molecule has 0 bridgehead atoms. The van der Waals surface area contributed by atoms with Crippen LogP contribution in [0.3, 0.4) is 0 Å². The fourth-order valence-corrected chi connectivity index (χ4v) is 12.2. The van der Waals surface area contributed by atoms with Gasteiger partial charge in [-0.2, -0.15) is 0 Å². The molecule has 0 fully saturated rings. The van der Waals surface area contributed by atoms with Crippen LogP contribution in [0.25, 0.3) is 144 Å². The minimum absolute atomic E-state index is 0.595. The molecule has 13 aromatic carbocycles. The first-order chi connectivity index (χ1) is 42.3. The Morgan fingerprint density at radius 1 is 0.233 bits per heavy atom. The van der Waals surface area contributed by atoms with E-state index in [4.69, 9.17) is 22.9 Å². The number of fused-ring (bicyclic) bond motifs is 9. The van der Waals surface area contributed by atoms with Gasteiger partial charge < -0.3 is 22.9 Å². The number of hydrogen-bond acceptors (Lipinski definition) is 5. The van der Waals surface area contributed by atoms with Gasteiger partial charge >= 0.3 is 7.69 Å². The maximum absolute atomic E-state index is 8.75. The zero-order valence-electron chi connectivity index (χ0n) is 46.2. The van der Waals surface area contributed by atoms with E-state index in [0.717, 1.165) is 85.9 Å². The molecule has 1 radical (unpaired) electrons. The third-order valence-electron chi connectivity index (χ3n) is 15.6. The van der Waals surface area contributed by atoms with Crippen molar-refractivity contribution in [3.8, 4) is 83.6 Å². The molecule has 0 saturated heterocycles. The third-order valence-corrected chi connectivity index (χ3v) is 16.6. The second-order valence-electron chi connectivity index (χ2n) is 21.0. The minimum Gasteiger partial charge on any atom is -0.537 e. The molecular weight excluding hydrogens is 1190 g/mol. The van der Waals surface area contributed by atoms with Gasteiger partial charge in [-0.1, -0.05) is 214 Å². The van der Waals surface area contributed by atoms with Crippen molar-refractivity contribution in [2.75, 3.05) is 0 Å². The maximum atomic E-state index is 8.75. The maximum Gasteiger partial charge on any atom is 0.569 e. The summed E-state index contributed by atoms with van der Waals surface area (Å²) in [6, 6.07) is 103. The Bertz CT molecular complexity index is 4910. The lowest BCUT2D eigenvalue weighted by molar-refractivity contribution is 0.454. The highest BCUT2D eigenvalue weighted by atomic mass is 79.9. The Morgan fingerprint density at radius 2 is 0.488 bits per heavy atom. The summed E-state index contributed by atoms with van der Waals surface area (Å²) in [7, 11) is 0.686. The molecule has 16 aromatic rings. The Balaban J connectivity index is 0.000000148. The van der Waals surface area contributed by atoms with E-state index >= 15 is 0 Å². The molecule has 1 N–H and O–H groups in total. The molecule has 0 unspecified atom stereocenters. The highest BCUT2D eigenvalue weighted by Gasteiger charge is 2.14. The summed E-state index contributed by atoms with van der Waals surface area (Å²) >= 11 is 6.93. The molecule has 0 atom stereocenters. The molecule has 5 nitrogen and oxygen atoms in total. The number of benzene rings is 13. The second-order valence-corrected chi connectivity index (χ2v) is 22.9. The average Bonchev–Trinajstić information content (AvgIpc) is 3.28. The van der Waals surface area contributed by atoms with Crippen LogP contribution in [-0.4, -0.2) is 12.7 Å². The Hall–Kier alpha value is -9.96. The first-order valence-electron chi connectivity index (χ1n) is 28.2. The normalized spacial score (nSPS) is 11.2. The van der Waals surface area contributed by atoms with Gasteiger partial charge in [-0.3, -0.25) is 0 Å². The largest absolute Gasteiger partial charge is 0.569 e. The van der Waals surface area contributed by atoms with Crippen LogP contribution in [-0.2, 0) is 0 Å². The van der Waals surface area contributed by atoms with Gasteiger partial charge in [0.25, 0.3) is 0 Å². The topological polar surface area (TPSA) is 68.9 Å². The Morgan fingerprint density at radius 3 is 0.802 bits per heavy atom. The van der Waals surface area contributed by atoms with Crippen molar-refractivity contribution in [2.24, 2.45) is 0 Å². The second kappa shape index (κ2) is 24.0. The molecule has 0 amide bonds. The van der Waals surface area contributed by atoms with Gasteiger partial charge in [-0.15, -0.1) is 0 Å². The van der Waals surface area contributed by atoms with E-state index in [1.165, 1.54) is 66.8 Å².